The average Bonchev–Trinajstić information content (AvgIpc) is 2.91. The normalized spacial score (nSPS) is 17.6. The zero-order valence-electron chi connectivity index (χ0n) is 20.6. The molecule has 0 radical (unpaired) electrons. The van der Waals surface area contributed by atoms with Crippen LogP contribution in [0.1, 0.15) is 29.8 Å². The van der Waals surface area contributed by atoms with E-state index in [1.54, 1.807) is 18.3 Å². The number of morpholine rings is 1. The molecule has 4 aromatic rings. The highest BCUT2D eigenvalue weighted by Gasteiger charge is 2.23. The Morgan fingerprint density at radius 1 is 0.972 bits per heavy atom. The van der Waals surface area contributed by atoms with E-state index in [0.717, 1.165) is 46.4 Å². The molecule has 2 atom stereocenters. The molecule has 0 aliphatic carbocycles. The van der Waals surface area contributed by atoms with Crippen molar-refractivity contribution in [3.8, 4) is 28.3 Å². The number of fused-ring (bicyclic) bond motifs is 1. The number of anilines is 1. The van der Waals surface area contributed by atoms with Crippen molar-refractivity contribution in [3.63, 3.8) is 0 Å². The van der Waals surface area contributed by atoms with Crippen molar-refractivity contribution in [2.75, 3.05) is 25.1 Å². The van der Waals surface area contributed by atoms with E-state index in [2.05, 4.69) is 36.9 Å². The topological polar surface area (TPSA) is 75.4 Å². The zero-order valence-corrected chi connectivity index (χ0v) is 20.6. The molecule has 0 unspecified atom stereocenters. The first kappa shape index (κ1) is 23.5. The maximum absolute atomic E-state index is 13.0. The molecular weight excluding hydrogens is 450 g/mol. The molecule has 5 rings (SSSR count). The highest BCUT2D eigenvalue weighted by Crippen LogP contribution is 2.35. The van der Waals surface area contributed by atoms with E-state index in [0.29, 0.717) is 16.6 Å². The molecule has 6 heteroatoms. The molecule has 1 aliphatic heterocycles. The van der Waals surface area contributed by atoms with Crippen molar-refractivity contribution < 1.29 is 14.3 Å². The third-order valence-corrected chi connectivity index (χ3v) is 6.58. The van der Waals surface area contributed by atoms with Crippen LogP contribution in [0.5, 0.6) is 0 Å². The Kier molecular flexibility index (Phi) is 6.41. The van der Waals surface area contributed by atoms with Gasteiger partial charge in [-0.2, -0.15) is 5.26 Å². The molecule has 180 valence electrons. The van der Waals surface area contributed by atoms with Gasteiger partial charge in [-0.1, -0.05) is 42.5 Å². The highest BCUT2D eigenvalue weighted by atomic mass is 16.5. The van der Waals surface area contributed by atoms with Crippen LogP contribution in [0.2, 0.25) is 0 Å². The summed E-state index contributed by atoms with van der Waals surface area (Å²) in [5.41, 5.74) is 6.34. The van der Waals surface area contributed by atoms with Gasteiger partial charge in [0.05, 0.1) is 42.0 Å². The molecule has 36 heavy (non-hydrogen) atoms. The predicted octanol–water partition coefficient (Wildman–Crippen LogP) is 5.84. The van der Waals surface area contributed by atoms with Gasteiger partial charge in [-0.3, -0.25) is 4.98 Å². The van der Waals surface area contributed by atoms with Gasteiger partial charge in [0.25, 0.3) is 0 Å². The highest BCUT2D eigenvalue weighted by molar-refractivity contribution is 6.11. The number of pyridine rings is 1. The van der Waals surface area contributed by atoms with Gasteiger partial charge in [0.15, 0.2) is 0 Å². The van der Waals surface area contributed by atoms with E-state index >= 15 is 0 Å². The Bertz CT molecular complexity index is 1450. The van der Waals surface area contributed by atoms with Crippen molar-refractivity contribution in [3.05, 3.63) is 84.1 Å². The predicted molar refractivity (Wildman–Crippen MR) is 141 cm³/mol. The number of nitrogens with zero attached hydrogens (tertiary/aromatic N) is 3. The first-order valence-electron chi connectivity index (χ1n) is 12.0. The molecule has 1 saturated heterocycles. The van der Waals surface area contributed by atoms with Crippen LogP contribution < -0.4 is 4.90 Å². The average molecular weight is 478 g/mol. The number of para-hydroxylation sites is 1. The number of aromatic nitrogens is 1. The maximum atomic E-state index is 13.0. The van der Waals surface area contributed by atoms with E-state index in [-0.39, 0.29) is 12.2 Å². The minimum absolute atomic E-state index is 0.175. The van der Waals surface area contributed by atoms with Crippen molar-refractivity contribution in [2.24, 2.45) is 0 Å². The molecule has 3 aromatic carbocycles. The second kappa shape index (κ2) is 9.80. The molecule has 0 bridgehead atoms. The summed E-state index contributed by atoms with van der Waals surface area (Å²) < 4.78 is 11.1. The first-order valence-corrected chi connectivity index (χ1v) is 12.0. The molecule has 0 spiro atoms. The number of carbonyl (C=O) groups is 1. The molecule has 1 aromatic heterocycles. The summed E-state index contributed by atoms with van der Waals surface area (Å²) in [6, 6.07) is 23.5. The second-order valence-corrected chi connectivity index (χ2v) is 9.14. The lowest BCUT2D eigenvalue weighted by atomic mass is 9.94. The van der Waals surface area contributed by atoms with E-state index in [4.69, 9.17) is 19.7 Å². The Hall–Kier alpha value is -4.21. The number of ether oxygens (including phenoxy) is 2. The molecule has 0 amide bonds. The van der Waals surface area contributed by atoms with E-state index < -0.39 is 5.97 Å². The lowest BCUT2D eigenvalue weighted by Crippen LogP contribution is -2.45. The summed E-state index contributed by atoms with van der Waals surface area (Å²) in [5.74, 6) is -0.408. The summed E-state index contributed by atoms with van der Waals surface area (Å²) in [5, 5.41) is 9.85. The van der Waals surface area contributed by atoms with E-state index in [1.165, 1.54) is 7.11 Å². The summed E-state index contributed by atoms with van der Waals surface area (Å²) >= 11 is 0. The van der Waals surface area contributed by atoms with Gasteiger partial charge in [0, 0.05) is 41.5 Å². The van der Waals surface area contributed by atoms with Gasteiger partial charge < -0.3 is 14.4 Å². The minimum atomic E-state index is -0.408. The van der Waals surface area contributed by atoms with E-state index in [9.17, 15) is 4.79 Å². The standard InChI is InChI=1S/C30H27N3O3/c1-19-17-33(18-20(2)36-19)24-13-11-23(12-14-24)27-16-32-29-25(22-9-7-21(15-31)8-10-22)5-4-6-26(29)28(27)30(34)35-3/h4-14,16,19-20H,17-18H2,1-3H3/t19-,20+. The summed E-state index contributed by atoms with van der Waals surface area (Å²) in [7, 11) is 1.40. The molecule has 1 aliphatic rings. The van der Waals surface area contributed by atoms with Gasteiger partial charge in [0.1, 0.15) is 0 Å². The van der Waals surface area contributed by atoms with Gasteiger partial charge in [0.2, 0.25) is 0 Å². The Labute approximate surface area is 210 Å². The quantitative estimate of drug-likeness (QED) is 0.344. The number of hydrogen-bond acceptors (Lipinski definition) is 6. The van der Waals surface area contributed by atoms with Gasteiger partial charge >= 0.3 is 5.97 Å². The smallest absolute Gasteiger partial charge is 0.339 e. The number of esters is 1. The number of methoxy groups -OCH3 is 1. The Balaban J connectivity index is 1.58. The Morgan fingerprint density at radius 2 is 1.61 bits per heavy atom. The fourth-order valence-electron chi connectivity index (χ4n) is 4.96. The number of rotatable bonds is 4. The fourth-order valence-corrected chi connectivity index (χ4v) is 4.96. The summed E-state index contributed by atoms with van der Waals surface area (Å²) in [6.07, 6.45) is 2.10. The van der Waals surface area contributed by atoms with Crippen LogP contribution >= 0.6 is 0 Å². The van der Waals surface area contributed by atoms with Crippen molar-refractivity contribution in [1.82, 2.24) is 4.98 Å². The number of carbonyl (C=O) groups excluding carboxylic acids is 1. The largest absolute Gasteiger partial charge is 0.465 e. The molecule has 6 nitrogen and oxygen atoms in total. The molecule has 0 saturated carbocycles. The van der Waals surface area contributed by atoms with Crippen molar-refractivity contribution in [1.29, 1.82) is 5.26 Å². The van der Waals surface area contributed by atoms with Crippen LogP contribution in [0.3, 0.4) is 0 Å². The van der Waals surface area contributed by atoms with Gasteiger partial charge in [-0.05, 0) is 49.2 Å². The second-order valence-electron chi connectivity index (χ2n) is 9.14. The van der Waals surface area contributed by atoms with Crippen molar-refractivity contribution >= 4 is 22.6 Å². The Morgan fingerprint density at radius 3 is 2.25 bits per heavy atom. The van der Waals surface area contributed by atoms with Crippen LogP contribution in [0.25, 0.3) is 33.2 Å². The SMILES string of the molecule is COC(=O)c1c(-c2ccc(N3C[C@@H](C)O[C@@H](C)C3)cc2)cnc2c(-c3ccc(C#N)cc3)cccc12. The molecule has 0 N–H and O–H groups in total. The summed E-state index contributed by atoms with van der Waals surface area (Å²) in [4.78, 5) is 20.1. The molecular formula is C30H27N3O3. The number of benzene rings is 3. The number of hydrogen-bond donors (Lipinski definition) is 0. The van der Waals surface area contributed by atoms with Gasteiger partial charge in [-0.15, -0.1) is 0 Å². The van der Waals surface area contributed by atoms with Crippen LogP contribution in [0, 0.1) is 11.3 Å². The number of nitriles is 1. The minimum Gasteiger partial charge on any atom is -0.465 e. The lowest BCUT2D eigenvalue weighted by molar-refractivity contribution is -0.00522. The molecule has 1 fully saturated rings. The van der Waals surface area contributed by atoms with Crippen LogP contribution in [0.4, 0.5) is 5.69 Å². The monoisotopic (exact) mass is 477 g/mol. The third kappa shape index (κ3) is 4.41. The fraction of sp³-hybridized carbons (Fsp3) is 0.233. The third-order valence-electron chi connectivity index (χ3n) is 6.58. The first-order chi connectivity index (χ1) is 17.5. The zero-order chi connectivity index (χ0) is 25.2. The lowest BCUT2D eigenvalue weighted by Gasteiger charge is -2.36. The maximum Gasteiger partial charge on any atom is 0.339 e. The van der Waals surface area contributed by atoms with Crippen molar-refractivity contribution in [2.45, 2.75) is 26.1 Å². The molecule has 2 heterocycles. The van der Waals surface area contributed by atoms with E-state index in [1.807, 2.05) is 42.5 Å². The van der Waals surface area contributed by atoms with Gasteiger partial charge in [-0.25, -0.2) is 4.79 Å². The van der Waals surface area contributed by atoms with Crippen LogP contribution in [-0.4, -0.2) is 43.4 Å². The van der Waals surface area contributed by atoms with Crippen LogP contribution in [-0.2, 0) is 9.47 Å². The summed E-state index contributed by atoms with van der Waals surface area (Å²) in [6.45, 7) is 5.86. The van der Waals surface area contributed by atoms with Crippen LogP contribution in [0.15, 0.2) is 72.9 Å².